The van der Waals surface area contributed by atoms with E-state index in [1.54, 1.807) is 18.3 Å². The third-order valence-electron chi connectivity index (χ3n) is 4.68. The number of hydrogen-bond donors (Lipinski definition) is 0. The summed E-state index contributed by atoms with van der Waals surface area (Å²) in [7, 11) is -1.52. The first kappa shape index (κ1) is 16.7. The van der Waals surface area contributed by atoms with E-state index in [2.05, 4.69) is 0 Å². The van der Waals surface area contributed by atoms with Gasteiger partial charge in [0, 0.05) is 26.2 Å². The first-order valence-corrected chi connectivity index (χ1v) is 9.27. The summed E-state index contributed by atoms with van der Waals surface area (Å²) in [6.07, 6.45) is 1.23. The highest BCUT2D eigenvalue weighted by atomic mass is 32.2. The summed E-state index contributed by atoms with van der Waals surface area (Å²) in [4.78, 5) is 13.9. The molecule has 0 aromatic rings. The molecule has 0 aromatic heterocycles. The molecule has 0 spiro atoms. The molecule has 21 heavy (non-hydrogen) atoms. The average molecular weight is 318 g/mol. The number of β-lactam (4-membered cyclic amide) rings is 1. The van der Waals surface area contributed by atoms with Crippen molar-refractivity contribution in [2.45, 2.75) is 51.8 Å². The highest BCUT2D eigenvalue weighted by Crippen LogP contribution is 2.36. The lowest BCUT2D eigenvalue weighted by Gasteiger charge is -2.53. The maximum Gasteiger partial charge on any atom is 0.254 e. The zero-order valence-corrected chi connectivity index (χ0v) is 14.1. The van der Waals surface area contributed by atoms with Crippen molar-refractivity contribution in [2.24, 2.45) is 5.92 Å². The van der Waals surface area contributed by atoms with Crippen molar-refractivity contribution in [3.05, 3.63) is 0 Å². The number of carbonyl (C=O) groups excluding carboxylic acids is 1. The molecule has 0 aliphatic carbocycles. The van der Waals surface area contributed by atoms with Crippen molar-refractivity contribution in [3.8, 4) is 0 Å². The quantitative estimate of drug-likeness (QED) is 0.699. The molecule has 6 nitrogen and oxygen atoms in total. The van der Waals surface area contributed by atoms with E-state index in [4.69, 9.17) is 4.74 Å². The van der Waals surface area contributed by atoms with Crippen LogP contribution in [0.1, 0.15) is 33.6 Å². The number of rotatable bonds is 5. The Labute approximate surface area is 127 Å². The topological polar surface area (TPSA) is 66.9 Å². The fourth-order valence-electron chi connectivity index (χ4n) is 3.50. The molecule has 0 bridgehead atoms. The molecule has 2 saturated heterocycles. The molecule has 2 aliphatic heterocycles. The van der Waals surface area contributed by atoms with Gasteiger partial charge in [-0.2, -0.15) is 0 Å². The Morgan fingerprint density at radius 2 is 1.86 bits per heavy atom. The maximum absolute atomic E-state index is 12.1. The van der Waals surface area contributed by atoms with Gasteiger partial charge in [0.15, 0.2) is 6.10 Å². The lowest BCUT2D eigenvalue weighted by atomic mass is 9.79. The zero-order valence-electron chi connectivity index (χ0n) is 13.3. The van der Waals surface area contributed by atoms with Crippen molar-refractivity contribution in [1.82, 2.24) is 9.21 Å². The monoisotopic (exact) mass is 318 g/mol. The van der Waals surface area contributed by atoms with Crippen LogP contribution in [0.4, 0.5) is 0 Å². The Morgan fingerprint density at radius 1 is 1.29 bits per heavy atom. The molecule has 2 rings (SSSR count). The molecule has 7 heteroatoms. The molecule has 0 saturated carbocycles. The molecule has 1 amide bonds. The van der Waals surface area contributed by atoms with Gasteiger partial charge in [0.1, 0.15) is 0 Å². The van der Waals surface area contributed by atoms with Gasteiger partial charge >= 0.3 is 0 Å². The minimum absolute atomic E-state index is 0.0566. The van der Waals surface area contributed by atoms with Crippen LogP contribution in [-0.2, 0) is 19.6 Å². The van der Waals surface area contributed by atoms with Crippen LogP contribution in [0.15, 0.2) is 0 Å². The van der Waals surface area contributed by atoms with Gasteiger partial charge in [-0.3, -0.25) is 4.79 Å². The summed E-state index contributed by atoms with van der Waals surface area (Å²) >= 11 is 0. The Kier molecular flexibility index (Phi) is 4.95. The minimum Gasteiger partial charge on any atom is -0.369 e. The molecule has 2 heterocycles. The van der Waals surface area contributed by atoms with Crippen LogP contribution in [-0.4, -0.2) is 67.7 Å². The molecule has 2 atom stereocenters. The van der Waals surface area contributed by atoms with Gasteiger partial charge in [-0.1, -0.05) is 0 Å². The number of amides is 1. The van der Waals surface area contributed by atoms with Gasteiger partial charge in [0.25, 0.3) is 5.91 Å². The first-order chi connectivity index (χ1) is 9.83. The molecule has 122 valence electrons. The standard InChI is InChI=1S/C14H26N2O4S/c1-5-21(18,19)15-8-6-11(7-9-15)12-13(20-4)14(17)16(12)10(2)3/h10-13H,5-9H2,1-4H3. The molecular weight excluding hydrogens is 292 g/mol. The van der Waals surface area contributed by atoms with E-state index in [0.29, 0.717) is 19.0 Å². The summed E-state index contributed by atoms with van der Waals surface area (Å²) in [6, 6.07) is 0.250. The van der Waals surface area contributed by atoms with Crippen molar-refractivity contribution < 1.29 is 17.9 Å². The molecule has 0 radical (unpaired) electrons. The van der Waals surface area contributed by atoms with E-state index in [9.17, 15) is 13.2 Å². The molecule has 0 N–H and O–H groups in total. The predicted octanol–water partition coefficient (Wildman–Crippen LogP) is 0.682. The Bertz CT molecular complexity index is 483. The number of carbonyl (C=O) groups is 1. The van der Waals surface area contributed by atoms with Gasteiger partial charge < -0.3 is 9.64 Å². The molecule has 2 aliphatic rings. The predicted molar refractivity (Wildman–Crippen MR) is 80.3 cm³/mol. The summed E-state index contributed by atoms with van der Waals surface area (Å²) in [5.41, 5.74) is 0. The fraction of sp³-hybridized carbons (Fsp3) is 0.929. The number of nitrogens with zero attached hydrogens (tertiary/aromatic N) is 2. The second-order valence-electron chi connectivity index (χ2n) is 6.12. The van der Waals surface area contributed by atoms with Crippen molar-refractivity contribution >= 4 is 15.9 Å². The van der Waals surface area contributed by atoms with Gasteiger partial charge in [0.2, 0.25) is 10.0 Å². The summed E-state index contributed by atoms with van der Waals surface area (Å²) < 4.78 is 30.7. The van der Waals surface area contributed by atoms with Crippen LogP contribution < -0.4 is 0 Å². The van der Waals surface area contributed by atoms with Crippen LogP contribution >= 0.6 is 0 Å². The van der Waals surface area contributed by atoms with Crippen LogP contribution in [0.25, 0.3) is 0 Å². The lowest BCUT2D eigenvalue weighted by Crippen LogP contribution is -2.70. The minimum atomic E-state index is -3.10. The number of sulfonamides is 1. The van der Waals surface area contributed by atoms with Gasteiger partial charge in [0.05, 0.1) is 11.8 Å². The molecule has 0 aromatic carbocycles. The van der Waals surface area contributed by atoms with E-state index in [0.717, 1.165) is 12.8 Å². The van der Waals surface area contributed by atoms with Gasteiger partial charge in [-0.25, -0.2) is 12.7 Å². The van der Waals surface area contributed by atoms with E-state index >= 15 is 0 Å². The van der Waals surface area contributed by atoms with Crippen molar-refractivity contribution in [1.29, 1.82) is 0 Å². The second kappa shape index (κ2) is 6.22. The van der Waals surface area contributed by atoms with Crippen LogP contribution in [0.2, 0.25) is 0 Å². The van der Waals surface area contributed by atoms with Gasteiger partial charge in [-0.15, -0.1) is 0 Å². The second-order valence-corrected chi connectivity index (χ2v) is 8.38. The van der Waals surface area contributed by atoms with E-state index in [1.807, 2.05) is 18.7 Å². The largest absolute Gasteiger partial charge is 0.369 e. The third kappa shape index (κ3) is 2.96. The first-order valence-electron chi connectivity index (χ1n) is 7.66. The summed E-state index contributed by atoms with van der Waals surface area (Å²) in [5.74, 6) is 0.526. The number of hydrogen-bond acceptors (Lipinski definition) is 4. The smallest absolute Gasteiger partial charge is 0.254 e. The van der Waals surface area contributed by atoms with Crippen LogP contribution in [0.5, 0.6) is 0 Å². The summed E-state index contributed by atoms with van der Waals surface area (Å²) in [6.45, 7) is 6.79. The molecular formula is C14H26N2O4S. The highest BCUT2D eigenvalue weighted by Gasteiger charge is 2.52. The highest BCUT2D eigenvalue weighted by molar-refractivity contribution is 7.89. The lowest BCUT2D eigenvalue weighted by molar-refractivity contribution is -0.181. The maximum atomic E-state index is 12.1. The molecule has 2 fully saturated rings. The number of ether oxygens (including phenoxy) is 1. The van der Waals surface area contributed by atoms with Crippen LogP contribution in [0, 0.1) is 5.92 Å². The number of methoxy groups -OCH3 is 1. The number of piperidine rings is 1. The molecule has 2 unspecified atom stereocenters. The zero-order chi connectivity index (χ0) is 15.8. The fourth-order valence-corrected chi connectivity index (χ4v) is 4.63. The van der Waals surface area contributed by atoms with Gasteiger partial charge in [-0.05, 0) is 39.5 Å². The third-order valence-corrected chi connectivity index (χ3v) is 6.56. The van der Waals surface area contributed by atoms with Crippen molar-refractivity contribution in [2.75, 3.05) is 26.0 Å². The van der Waals surface area contributed by atoms with Crippen LogP contribution in [0.3, 0.4) is 0 Å². The Hall–Kier alpha value is -0.660. The van der Waals surface area contributed by atoms with Crippen molar-refractivity contribution in [3.63, 3.8) is 0 Å². The average Bonchev–Trinajstić information content (AvgIpc) is 2.44. The SMILES string of the molecule is CCS(=O)(=O)N1CCC(C2C(OC)C(=O)N2C(C)C)CC1. The summed E-state index contributed by atoms with van der Waals surface area (Å²) in [5, 5.41) is 0. The number of likely N-dealkylation sites (tertiary alicyclic amines) is 1. The van der Waals surface area contributed by atoms with E-state index < -0.39 is 10.0 Å². The van der Waals surface area contributed by atoms with E-state index in [1.165, 1.54) is 0 Å². The Balaban J connectivity index is 2.02. The van der Waals surface area contributed by atoms with E-state index in [-0.39, 0.29) is 29.8 Å². The Morgan fingerprint density at radius 3 is 2.29 bits per heavy atom. The normalized spacial score (nSPS) is 29.0.